The third kappa shape index (κ3) is 6.41. The molecule has 0 unspecified atom stereocenters. The molecule has 1 aromatic heterocycles. The molecule has 0 N–H and O–H groups in total. The van der Waals surface area contributed by atoms with Gasteiger partial charge in [-0.2, -0.15) is 0 Å². The van der Waals surface area contributed by atoms with Crippen molar-refractivity contribution in [2.45, 2.75) is 26.8 Å². The van der Waals surface area contributed by atoms with E-state index >= 15 is 0 Å². The summed E-state index contributed by atoms with van der Waals surface area (Å²) in [5, 5.41) is 2.35. The number of carbonyl (C=O) groups is 2. The number of carbonyl (C=O) groups excluding carboxylic acids is 2. The highest BCUT2D eigenvalue weighted by Crippen LogP contribution is 2.20. The highest BCUT2D eigenvalue weighted by Gasteiger charge is 2.20. The molecule has 0 aliphatic heterocycles. The van der Waals surface area contributed by atoms with Crippen LogP contribution in [0.2, 0.25) is 0 Å². The lowest BCUT2D eigenvalue weighted by Crippen LogP contribution is -2.32. The van der Waals surface area contributed by atoms with Crippen molar-refractivity contribution in [2.75, 3.05) is 26.4 Å². The lowest BCUT2D eigenvalue weighted by atomic mass is 10.2. The van der Waals surface area contributed by atoms with Crippen molar-refractivity contribution in [1.29, 1.82) is 0 Å². The van der Waals surface area contributed by atoms with E-state index in [0.29, 0.717) is 43.5 Å². The predicted octanol–water partition coefficient (Wildman–Crippen LogP) is 4.15. The molecule has 0 fully saturated rings. The first-order valence-electron chi connectivity index (χ1n) is 8.79. The molecule has 1 amide bonds. The molecule has 2 aromatic rings. The van der Waals surface area contributed by atoms with Crippen LogP contribution in [0, 0.1) is 0 Å². The molecule has 8 heteroatoms. The number of thiazole rings is 1. The molecule has 1 aromatic carbocycles. The summed E-state index contributed by atoms with van der Waals surface area (Å²) in [5.74, 6) is -0.535. The summed E-state index contributed by atoms with van der Waals surface area (Å²) in [6.07, 6.45) is 0.722. The van der Waals surface area contributed by atoms with E-state index in [9.17, 15) is 9.59 Å². The Morgan fingerprint density at radius 2 is 2.00 bits per heavy atom. The van der Waals surface area contributed by atoms with Gasteiger partial charge in [-0.05, 0) is 48.3 Å². The highest BCUT2D eigenvalue weighted by molar-refractivity contribution is 9.10. The molecular formula is C19H23BrN2O4S. The summed E-state index contributed by atoms with van der Waals surface area (Å²) < 4.78 is 11.1. The van der Waals surface area contributed by atoms with Crippen LogP contribution in [0.4, 0.5) is 0 Å². The summed E-state index contributed by atoms with van der Waals surface area (Å²) in [5.41, 5.74) is 0.871. The van der Waals surface area contributed by atoms with E-state index in [4.69, 9.17) is 9.47 Å². The van der Waals surface area contributed by atoms with Crippen LogP contribution in [0.1, 0.15) is 46.1 Å². The van der Waals surface area contributed by atoms with Crippen LogP contribution in [0.3, 0.4) is 0 Å². The number of hydrogen-bond acceptors (Lipinski definition) is 6. The van der Waals surface area contributed by atoms with E-state index in [2.05, 4.69) is 20.9 Å². The highest BCUT2D eigenvalue weighted by atomic mass is 79.9. The predicted molar refractivity (Wildman–Crippen MR) is 108 cm³/mol. The summed E-state index contributed by atoms with van der Waals surface area (Å²) in [6, 6.07) is 7.33. The Labute approximate surface area is 171 Å². The molecular weight excluding hydrogens is 432 g/mol. The average molecular weight is 455 g/mol. The van der Waals surface area contributed by atoms with Gasteiger partial charge in [-0.15, -0.1) is 11.3 Å². The van der Waals surface area contributed by atoms with Gasteiger partial charge in [-0.1, -0.05) is 12.1 Å². The maximum absolute atomic E-state index is 13.0. The molecule has 6 nitrogen and oxygen atoms in total. The molecule has 0 radical (unpaired) electrons. The van der Waals surface area contributed by atoms with Gasteiger partial charge >= 0.3 is 5.97 Å². The van der Waals surface area contributed by atoms with Crippen molar-refractivity contribution in [3.8, 4) is 0 Å². The molecule has 0 atom stereocenters. The second-order valence-electron chi connectivity index (χ2n) is 5.60. The van der Waals surface area contributed by atoms with Crippen molar-refractivity contribution in [2.24, 2.45) is 0 Å². The van der Waals surface area contributed by atoms with Crippen molar-refractivity contribution in [1.82, 2.24) is 9.88 Å². The minimum Gasteiger partial charge on any atom is -0.461 e. The van der Waals surface area contributed by atoms with Crippen LogP contribution in [-0.4, -0.2) is 48.1 Å². The fraction of sp³-hybridized carbons (Fsp3) is 0.421. The molecule has 0 spiro atoms. The van der Waals surface area contributed by atoms with Crippen molar-refractivity contribution < 1.29 is 19.1 Å². The molecule has 0 aliphatic carbocycles. The first-order chi connectivity index (χ1) is 13.1. The van der Waals surface area contributed by atoms with Crippen LogP contribution < -0.4 is 0 Å². The second-order valence-corrected chi connectivity index (χ2v) is 7.40. The number of benzene rings is 1. The third-order valence-electron chi connectivity index (χ3n) is 3.67. The van der Waals surface area contributed by atoms with Gasteiger partial charge in [-0.25, -0.2) is 9.78 Å². The van der Waals surface area contributed by atoms with Crippen LogP contribution in [-0.2, 0) is 16.0 Å². The monoisotopic (exact) mass is 454 g/mol. The summed E-state index contributed by atoms with van der Waals surface area (Å²) in [4.78, 5) is 30.9. The molecule has 0 bridgehead atoms. The third-order valence-corrected chi connectivity index (χ3v) is 5.20. The smallest absolute Gasteiger partial charge is 0.357 e. The van der Waals surface area contributed by atoms with Gasteiger partial charge in [0.1, 0.15) is 5.01 Å². The Bertz CT molecular complexity index is 766. The van der Waals surface area contributed by atoms with Crippen LogP contribution in [0.15, 0.2) is 34.1 Å². The van der Waals surface area contributed by atoms with E-state index in [0.717, 1.165) is 10.9 Å². The number of hydrogen-bond donors (Lipinski definition) is 0. The second kappa shape index (κ2) is 11.2. The van der Waals surface area contributed by atoms with Crippen LogP contribution in [0.25, 0.3) is 0 Å². The number of ether oxygens (including phenoxy) is 2. The topological polar surface area (TPSA) is 68.7 Å². The van der Waals surface area contributed by atoms with Crippen molar-refractivity contribution in [3.63, 3.8) is 0 Å². The zero-order valence-electron chi connectivity index (χ0n) is 15.4. The molecule has 0 aliphatic rings. The quantitative estimate of drug-likeness (QED) is 0.398. The van der Waals surface area contributed by atoms with E-state index < -0.39 is 5.97 Å². The molecule has 27 heavy (non-hydrogen) atoms. The van der Waals surface area contributed by atoms with Crippen molar-refractivity contribution >= 4 is 39.1 Å². The maximum atomic E-state index is 13.0. The van der Waals surface area contributed by atoms with Gasteiger partial charge in [-0.3, -0.25) is 4.79 Å². The molecule has 2 rings (SSSR count). The standard InChI is InChI=1S/C19H23BrN2O4S/c1-3-25-11-7-10-22(18(23)14-8-5-6-9-15(14)20)12-17-21-16(13-27-17)19(24)26-4-2/h5-6,8-9,13H,3-4,7,10-12H2,1-2H3. The van der Waals surface area contributed by atoms with Gasteiger partial charge in [0.15, 0.2) is 5.69 Å². The van der Waals surface area contributed by atoms with E-state index in [-0.39, 0.29) is 11.6 Å². The minimum atomic E-state index is -0.444. The molecule has 1 heterocycles. The largest absolute Gasteiger partial charge is 0.461 e. The first kappa shape index (κ1) is 21.5. The maximum Gasteiger partial charge on any atom is 0.357 e. The molecule has 0 saturated heterocycles. The fourth-order valence-electron chi connectivity index (χ4n) is 2.40. The first-order valence-corrected chi connectivity index (χ1v) is 10.5. The van der Waals surface area contributed by atoms with E-state index in [1.54, 1.807) is 23.3 Å². The Hall–Kier alpha value is -1.77. The van der Waals surface area contributed by atoms with Gasteiger partial charge in [0, 0.05) is 29.6 Å². The zero-order valence-corrected chi connectivity index (χ0v) is 17.8. The summed E-state index contributed by atoms with van der Waals surface area (Å²) >= 11 is 4.78. The Morgan fingerprint density at radius 3 is 2.70 bits per heavy atom. The lowest BCUT2D eigenvalue weighted by Gasteiger charge is -2.22. The Morgan fingerprint density at radius 1 is 1.22 bits per heavy atom. The minimum absolute atomic E-state index is 0.0909. The summed E-state index contributed by atoms with van der Waals surface area (Å²) in [7, 11) is 0. The summed E-state index contributed by atoms with van der Waals surface area (Å²) in [6.45, 7) is 6.09. The van der Waals surface area contributed by atoms with E-state index in [1.165, 1.54) is 11.3 Å². The average Bonchev–Trinajstić information content (AvgIpc) is 3.13. The van der Waals surface area contributed by atoms with Gasteiger partial charge in [0.2, 0.25) is 0 Å². The number of rotatable bonds is 10. The zero-order chi connectivity index (χ0) is 19.6. The Balaban J connectivity index is 2.13. The number of amides is 1. The number of halogens is 1. The number of aromatic nitrogens is 1. The SMILES string of the molecule is CCOCCCN(Cc1nc(C(=O)OCC)cs1)C(=O)c1ccccc1Br. The number of nitrogens with zero attached hydrogens (tertiary/aromatic N) is 2. The van der Waals surface area contributed by atoms with E-state index in [1.807, 2.05) is 25.1 Å². The van der Waals surface area contributed by atoms with Crippen LogP contribution in [0.5, 0.6) is 0 Å². The number of esters is 1. The van der Waals surface area contributed by atoms with Crippen molar-refractivity contribution in [3.05, 3.63) is 50.4 Å². The van der Waals surface area contributed by atoms with Gasteiger partial charge < -0.3 is 14.4 Å². The van der Waals surface area contributed by atoms with Gasteiger partial charge in [0.25, 0.3) is 5.91 Å². The molecule has 0 saturated carbocycles. The lowest BCUT2D eigenvalue weighted by molar-refractivity contribution is 0.0520. The van der Waals surface area contributed by atoms with Gasteiger partial charge in [0.05, 0.1) is 18.7 Å². The fourth-order valence-corrected chi connectivity index (χ4v) is 3.64. The Kier molecular flexibility index (Phi) is 8.90. The van der Waals surface area contributed by atoms with Crippen LogP contribution >= 0.6 is 27.3 Å². The molecule has 146 valence electrons. The normalized spacial score (nSPS) is 10.6.